The molecule has 0 aromatic heterocycles. The number of hydrogen-bond donors (Lipinski definition) is 2. The van der Waals surface area contributed by atoms with Crippen LogP contribution in [-0.4, -0.2) is 28.0 Å². The number of hydrogen-bond acceptors (Lipinski definition) is 5. The number of nitrogens with one attached hydrogen (secondary N) is 2. The summed E-state index contributed by atoms with van der Waals surface area (Å²) in [7, 11) is -2.70. The van der Waals surface area contributed by atoms with E-state index in [1.807, 2.05) is 6.92 Å². The zero-order valence-electron chi connectivity index (χ0n) is 17.1. The summed E-state index contributed by atoms with van der Waals surface area (Å²) < 4.78 is 31.8. The topological polar surface area (TPSA) is 84.5 Å². The van der Waals surface area contributed by atoms with Crippen molar-refractivity contribution < 1.29 is 17.9 Å². The highest BCUT2D eigenvalue weighted by Gasteiger charge is 2.29. The quantitative estimate of drug-likeness (QED) is 0.414. The molecule has 0 aliphatic heterocycles. The van der Waals surface area contributed by atoms with E-state index in [-0.39, 0.29) is 43.7 Å². The Bertz CT molecular complexity index is 1250. The lowest BCUT2D eigenvalue weighted by molar-refractivity contribution is -0.114. The van der Waals surface area contributed by atoms with E-state index in [0.29, 0.717) is 10.7 Å². The Balaban J connectivity index is 1.91. The molecular formula is C22H19Cl3N2O4S. The summed E-state index contributed by atoms with van der Waals surface area (Å²) >= 11 is 18.6. The van der Waals surface area contributed by atoms with E-state index >= 15 is 0 Å². The fraction of sp³-hybridized carbons (Fsp3) is 0.136. The van der Waals surface area contributed by atoms with Crippen LogP contribution in [0.5, 0.6) is 5.75 Å². The minimum absolute atomic E-state index is 0.0339. The summed E-state index contributed by atoms with van der Waals surface area (Å²) in [6.07, 6.45) is 0. The molecule has 2 N–H and O–H groups in total. The number of halogens is 3. The first-order chi connectivity index (χ1) is 15.1. The van der Waals surface area contributed by atoms with E-state index in [4.69, 9.17) is 39.5 Å². The van der Waals surface area contributed by atoms with Crippen molar-refractivity contribution in [3.05, 3.63) is 75.2 Å². The second-order valence-corrected chi connectivity index (χ2v) is 9.89. The number of amides is 1. The third-order valence-corrected chi connectivity index (χ3v) is 7.60. The molecule has 168 valence electrons. The molecule has 6 nitrogen and oxygen atoms in total. The molecule has 0 bridgehead atoms. The minimum atomic E-state index is -4.06. The van der Waals surface area contributed by atoms with Crippen molar-refractivity contribution >= 4 is 61.9 Å². The molecule has 0 fully saturated rings. The van der Waals surface area contributed by atoms with Crippen LogP contribution in [0, 0.1) is 6.92 Å². The number of carbonyl (C=O) groups is 1. The van der Waals surface area contributed by atoms with Gasteiger partial charge in [-0.05, 0) is 43.3 Å². The Hall–Kier alpha value is -2.45. The lowest BCUT2D eigenvalue weighted by Gasteiger charge is -2.17. The van der Waals surface area contributed by atoms with Gasteiger partial charge in [0, 0.05) is 16.8 Å². The number of carbonyl (C=O) groups excluding carboxylic acids is 1. The number of ether oxygens (including phenoxy) is 1. The highest BCUT2D eigenvalue weighted by Crippen LogP contribution is 2.43. The fourth-order valence-corrected chi connectivity index (χ4v) is 5.49. The van der Waals surface area contributed by atoms with Gasteiger partial charge in [-0.2, -0.15) is 0 Å². The lowest BCUT2D eigenvalue weighted by Crippen LogP contribution is -2.22. The average Bonchev–Trinajstić information content (AvgIpc) is 2.75. The normalized spacial score (nSPS) is 11.2. The number of sulfone groups is 1. The molecule has 0 atom stereocenters. The third-order valence-electron chi connectivity index (χ3n) is 4.51. The maximum absolute atomic E-state index is 13.3. The first kappa shape index (κ1) is 24.2. The summed E-state index contributed by atoms with van der Waals surface area (Å²) in [4.78, 5) is 12.0. The number of benzene rings is 3. The smallest absolute Gasteiger partial charge is 0.243 e. The van der Waals surface area contributed by atoms with Crippen molar-refractivity contribution in [2.75, 3.05) is 24.3 Å². The predicted molar refractivity (Wildman–Crippen MR) is 128 cm³/mol. The van der Waals surface area contributed by atoms with Gasteiger partial charge >= 0.3 is 0 Å². The molecule has 0 saturated heterocycles. The molecular weight excluding hydrogens is 495 g/mol. The van der Waals surface area contributed by atoms with E-state index in [1.54, 1.807) is 36.4 Å². The molecule has 3 aromatic carbocycles. The standard InChI is InChI=1S/C22H19Cl3N2O4S/c1-13-3-9-16(10-4-13)32(29,30)22-20(24)17(11-18(31-2)21(22)25)26-12-19(28)27-15-7-5-14(23)6-8-15/h3-11,26H,12H2,1-2H3,(H,27,28). The molecule has 3 rings (SSSR count). The third kappa shape index (κ3) is 5.30. The van der Waals surface area contributed by atoms with Crippen LogP contribution in [0.2, 0.25) is 15.1 Å². The van der Waals surface area contributed by atoms with Crippen LogP contribution in [0.15, 0.2) is 64.4 Å². The van der Waals surface area contributed by atoms with Gasteiger partial charge in [0.25, 0.3) is 0 Å². The van der Waals surface area contributed by atoms with Gasteiger partial charge < -0.3 is 15.4 Å². The zero-order valence-corrected chi connectivity index (χ0v) is 20.2. The second-order valence-electron chi connectivity index (χ2n) is 6.81. The Morgan fingerprint density at radius 2 is 1.59 bits per heavy atom. The molecule has 1 amide bonds. The Labute approximate surface area is 201 Å². The Morgan fingerprint density at radius 3 is 2.19 bits per heavy atom. The number of aryl methyl sites for hydroxylation is 1. The van der Waals surface area contributed by atoms with Crippen LogP contribution in [-0.2, 0) is 14.6 Å². The van der Waals surface area contributed by atoms with Crippen molar-refractivity contribution in [3.8, 4) is 5.75 Å². The van der Waals surface area contributed by atoms with Crippen molar-refractivity contribution in [1.29, 1.82) is 0 Å². The van der Waals surface area contributed by atoms with Gasteiger partial charge in [0.05, 0.1) is 29.3 Å². The molecule has 0 heterocycles. The van der Waals surface area contributed by atoms with Crippen LogP contribution >= 0.6 is 34.8 Å². The maximum atomic E-state index is 13.3. The first-order valence-electron chi connectivity index (χ1n) is 9.30. The van der Waals surface area contributed by atoms with Crippen molar-refractivity contribution in [1.82, 2.24) is 0 Å². The monoisotopic (exact) mass is 512 g/mol. The van der Waals surface area contributed by atoms with E-state index in [2.05, 4.69) is 10.6 Å². The molecule has 0 radical (unpaired) electrons. The summed E-state index contributed by atoms with van der Waals surface area (Å²) in [6.45, 7) is 1.66. The molecule has 32 heavy (non-hydrogen) atoms. The highest BCUT2D eigenvalue weighted by atomic mass is 35.5. The second kappa shape index (κ2) is 10.0. The molecule has 3 aromatic rings. The van der Waals surface area contributed by atoms with Gasteiger partial charge in [-0.25, -0.2) is 8.42 Å². The fourth-order valence-electron chi connectivity index (χ4n) is 2.85. The number of anilines is 2. The van der Waals surface area contributed by atoms with Crippen LogP contribution in [0.4, 0.5) is 11.4 Å². The van der Waals surface area contributed by atoms with E-state index in [9.17, 15) is 13.2 Å². The summed E-state index contributed by atoms with van der Waals surface area (Å²) in [5.41, 5.74) is 1.65. The zero-order chi connectivity index (χ0) is 23.5. The van der Waals surface area contributed by atoms with Crippen LogP contribution in [0.25, 0.3) is 0 Å². The molecule has 0 spiro atoms. The van der Waals surface area contributed by atoms with Gasteiger partial charge in [0.15, 0.2) is 0 Å². The summed E-state index contributed by atoms with van der Waals surface area (Å²) in [5, 5.41) is 5.80. The SMILES string of the molecule is COc1cc(NCC(=O)Nc2ccc(Cl)cc2)c(Cl)c(S(=O)(=O)c2ccc(C)cc2)c1Cl. The first-order valence-corrected chi connectivity index (χ1v) is 11.9. The summed E-state index contributed by atoms with van der Waals surface area (Å²) in [5.74, 6) is -0.275. The van der Waals surface area contributed by atoms with Crippen molar-refractivity contribution in [3.63, 3.8) is 0 Å². The van der Waals surface area contributed by atoms with Gasteiger partial charge in [-0.1, -0.05) is 52.5 Å². The van der Waals surface area contributed by atoms with Crippen molar-refractivity contribution in [2.24, 2.45) is 0 Å². The summed E-state index contributed by atoms with van der Waals surface area (Å²) in [6, 6.07) is 14.3. The minimum Gasteiger partial charge on any atom is -0.495 e. The maximum Gasteiger partial charge on any atom is 0.243 e. The molecule has 0 aliphatic carbocycles. The van der Waals surface area contributed by atoms with Crippen LogP contribution in [0.1, 0.15) is 5.56 Å². The van der Waals surface area contributed by atoms with Gasteiger partial charge in [-0.15, -0.1) is 0 Å². The Kier molecular flexibility index (Phi) is 7.56. The van der Waals surface area contributed by atoms with E-state index in [0.717, 1.165) is 5.56 Å². The highest BCUT2D eigenvalue weighted by molar-refractivity contribution is 7.91. The van der Waals surface area contributed by atoms with Gasteiger partial charge in [-0.3, -0.25) is 4.79 Å². The molecule has 10 heteroatoms. The average molecular weight is 514 g/mol. The van der Waals surface area contributed by atoms with Gasteiger partial charge in [0.1, 0.15) is 15.7 Å². The van der Waals surface area contributed by atoms with Gasteiger partial charge in [0.2, 0.25) is 15.7 Å². The molecule has 0 unspecified atom stereocenters. The predicted octanol–water partition coefficient (Wildman–Crippen LogP) is 5.85. The van der Waals surface area contributed by atoms with Crippen LogP contribution in [0.3, 0.4) is 0 Å². The van der Waals surface area contributed by atoms with E-state index < -0.39 is 9.84 Å². The molecule has 0 aliphatic rings. The Morgan fingerprint density at radius 1 is 0.969 bits per heavy atom. The van der Waals surface area contributed by atoms with Crippen molar-refractivity contribution in [2.45, 2.75) is 16.7 Å². The lowest BCUT2D eigenvalue weighted by atomic mass is 10.2. The van der Waals surface area contributed by atoms with E-state index in [1.165, 1.54) is 25.3 Å². The largest absolute Gasteiger partial charge is 0.495 e. The molecule has 0 saturated carbocycles. The number of methoxy groups -OCH3 is 1. The van der Waals surface area contributed by atoms with Crippen LogP contribution < -0.4 is 15.4 Å². The number of rotatable bonds is 7.